The van der Waals surface area contributed by atoms with Gasteiger partial charge >= 0.3 is 0 Å². The Morgan fingerprint density at radius 3 is 2.85 bits per heavy atom. The van der Waals surface area contributed by atoms with Gasteiger partial charge < -0.3 is 10.1 Å². The minimum atomic E-state index is -0.279. The largest absolute Gasteiger partial charge is 0.371 e. The molecule has 1 amide bonds. The first kappa shape index (κ1) is 19.4. The molecule has 1 aliphatic heterocycles. The lowest BCUT2D eigenvalue weighted by molar-refractivity contribution is -0.119. The van der Waals surface area contributed by atoms with E-state index in [-0.39, 0.29) is 24.4 Å². The quantitative estimate of drug-likeness (QED) is 0.772. The third kappa shape index (κ3) is 5.54. The summed E-state index contributed by atoms with van der Waals surface area (Å²) in [5.74, 6) is -0.0612. The van der Waals surface area contributed by atoms with Crippen molar-refractivity contribution >= 4 is 23.4 Å². The molecule has 1 heterocycles. The highest BCUT2D eigenvalue weighted by Crippen LogP contribution is 2.27. The van der Waals surface area contributed by atoms with Crippen LogP contribution in [0.2, 0.25) is 0 Å². The number of nitriles is 1. The molecule has 0 spiro atoms. The zero-order chi connectivity index (χ0) is 19.1. The number of amides is 1. The molecular weight excluding hydrogens is 365 g/mol. The fourth-order valence-electron chi connectivity index (χ4n) is 2.92. The van der Waals surface area contributed by atoms with Crippen LogP contribution in [-0.2, 0) is 9.53 Å². The SMILES string of the molecule is N#CCSc1ccccc1NC(=O)CN1CCO[C@@H](c2ccc(F)cc2)C1. The zero-order valence-corrected chi connectivity index (χ0v) is 15.5. The van der Waals surface area contributed by atoms with Crippen molar-refractivity contribution in [3.8, 4) is 6.07 Å². The maximum absolute atomic E-state index is 13.1. The number of nitrogens with zero attached hydrogens (tertiary/aromatic N) is 2. The topological polar surface area (TPSA) is 65.4 Å². The second-order valence-corrected chi connectivity index (χ2v) is 7.15. The summed E-state index contributed by atoms with van der Waals surface area (Å²) in [4.78, 5) is 15.4. The third-order valence-electron chi connectivity index (χ3n) is 4.21. The summed E-state index contributed by atoms with van der Waals surface area (Å²) in [5.41, 5.74) is 1.62. The molecule has 0 saturated carbocycles. The zero-order valence-electron chi connectivity index (χ0n) is 14.7. The molecule has 0 aliphatic carbocycles. The lowest BCUT2D eigenvalue weighted by Gasteiger charge is -2.32. The summed E-state index contributed by atoms with van der Waals surface area (Å²) in [6, 6.07) is 15.8. The average molecular weight is 385 g/mol. The number of benzene rings is 2. The van der Waals surface area contributed by atoms with E-state index in [1.54, 1.807) is 12.1 Å². The van der Waals surface area contributed by atoms with Gasteiger partial charge in [0.15, 0.2) is 0 Å². The smallest absolute Gasteiger partial charge is 0.238 e. The summed E-state index contributed by atoms with van der Waals surface area (Å²) in [5, 5.41) is 11.7. The van der Waals surface area contributed by atoms with Gasteiger partial charge in [-0.3, -0.25) is 9.69 Å². The third-order valence-corrected chi connectivity index (χ3v) is 5.15. The first-order valence-electron chi connectivity index (χ1n) is 8.64. The minimum Gasteiger partial charge on any atom is -0.371 e. The highest BCUT2D eigenvalue weighted by atomic mass is 32.2. The Bertz CT molecular complexity index is 823. The number of para-hydroxylation sites is 1. The van der Waals surface area contributed by atoms with Crippen LogP contribution in [0.15, 0.2) is 53.4 Å². The molecule has 1 fully saturated rings. The van der Waals surface area contributed by atoms with Crippen molar-refractivity contribution in [2.75, 3.05) is 37.3 Å². The van der Waals surface area contributed by atoms with Gasteiger partial charge in [0.2, 0.25) is 5.91 Å². The lowest BCUT2D eigenvalue weighted by atomic mass is 10.1. The van der Waals surface area contributed by atoms with Gasteiger partial charge in [0.05, 0.1) is 36.8 Å². The van der Waals surface area contributed by atoms with Crippen LogP contribution < -0.4 is 5.32 Å². The van der Waals surface area contributed by atoms with Crippen molar-refractivity contribution in [1.29, 1.82) is 5.26 Å². The van der Waals surface area contributed by atoms with E-state index in [0.717, 1.165) is 10.5 Å². The van der Waals surface area contributed by atoms with Crippen LogP contribution in [0.3, 0.4) is 0 Å². The number of nitrogens with one attached hydrogen (secondary N) is 1. The number of hydrogen-bond donors (Lipinski definition) is 1. The number of thioether (sulfide) groups is 1. The van der Waals surface area contributed by atoms with E-state index in [1.807, 2.05) is 29.2 Å². The van der Waals surface area contributed by atoms with Crippen LogP contribution in [0.5, 0.6) is 0 Å². The van der Waals surface area contributed by atoms with Crippen molar-refractivity contribution in [2.24, 2.45) is 0 Å². The molecule has 1 saturated heterocycles. The van der Waals surface area contributed by atoms with Crippen LogP contribution in [0.4, 0.5) is 10.1 Å². The molecule has 2 aromatic carbocycles. The van der Waals surface area contributed by atoms with E-state index in [9.17, 15) is 9.18 Å². The number of halogens is 1. The van der Waals surface area contributed by atoms with Crippen molar-refractivity contribution < 1.29 is 13.9 Å². The average Bonchev–Trinajstić information content (AvgIpc) is 2.68. The second-order valence-electron chi connectivity index (χ2n) is 6.14. The molecule has 0 radical (unpaired) electrons. The van der Waals surface area contributed by atoms with E-state index in [2.05, 4.69) is 11.4 Å². The van der Waals surface area contributed by atoms with Crippen molar-refractivity contribution in [2.45, 2.75) is 11.0 Å². The monoisotopic (exact) mass is 385 g/mol. The summed E-state index contributed by atoms with van der Waals surface area (Å²) in [6.07, 6.45) is -0.175. The lowest BCUT2D eigenvalue weighted by Crippen LogP contribution is -2.42. The van der Waals surface area contributed by atoms with Gasteiger partial charge in [-0.2, -0.15) is 5.26 Å². The Morgan fingerprint density at radius 1 is 1.30 bits per heavy atom. The molecule has 140 valence electrons. The van der Waals surface area contributed by atoms with Crippen molar-refractivity contribution in [3.63, 3.8) is 0 Å². The van der Waals surface area contributed by atoms with Crippen LogP contribution in [-0.4, -0.2) is 42.8 Å². The molecule has 0 aromatic heterocycles. The van der Waals surface area contributed by atoms with Crippen LogP contribution >= 0.6 is 11.8 Å². The normalized spacial score (nSPS) is 17.3. The van der Waals surface area contributed by atoms with Gasteiger partial charge in [0.1, 0.15) is 5.82 Å². The summed E-state index contributed by atoms with van der Waals surface area (Å²) in [6.45, 7) is 2.00. The number of morpholine rings is 1. The van der Waals surface area contributed by atoms with Gasteiger partial charge in [-0.25, -0.2) is 4.39 Å². The van der Waals surface area contributed by atoms with Gasteiger partial charge in [0.25, 0.3) is 0 Å². The number of carbonyl (C=O) groups is 1. The molecule has 0 unspecified atom stereocenters. The Balaban J connectivity index is 1.58. The van der Waals surface area contributed by atoms with Gasteiger partial charge in [-0.15, -0.1) is 11.8 Å². The molecule has 0 bridgehead atoms. The standard InChI is InChI=1S/C20H20FN3O2S/c21-16-7-5-15(6-8-16)18-13-24(10-11-26-18)14-20(25)23-17-3-1-2-4-19(17)27-12-9-22/h1-8,18H,10-14H2,(H,23,25)/t18-/m1/s1. The first-order valence-corrected chi connectivity index (χ1v) is 9.62. The highest BCUT2D eigenvalue weighted by Gasteiger charge is 2.23. The van der Waals surface area contributed by atoms with Gasteiger partial charge in [0, 0.05) is 18.0 Å². The van der Waals surface area contributed by atoms with E-state index in [1.165, 1.54) is 23.9 Å². The second kappa shape index (κ2) is 9.51. The predicted octanol–water partition coefficient (Wildman–Crippen LogP) is 3.45. The molecule has 5 nitrogen and oxygen atoms in total. The molecule has 1 atom stereocenters. The van der Waals surface area contributed by atoms with Crippen LogP contribution in [0, 0.1) is 17.1 Å². The summed E-state index contributed by atoms with van der Waals surface area (Å²) >= 11 is 1.39. The maximum Gasteiger partial charge on any atom is 0.238 e. The van der Waals surface area contributed by atoms with Gasteiger partial charge in [-0.1, -0.05) is 24.3 Å². The van der Waals surface area contributed by atoms with E-state index in [0.29, 0.717) is 31.1 Å². The number of carbonyl (C=O) groups excluding carboxylic acids is 1. The maximum atomic E-state index is 13.1. The van der Waals surface area contributed by atoms with Crippen molar-refractivity contribution in [1.82, 2.24) is 4.90 Å². The van der Waals surface area contributed by atoms with E-state index >= 15 is 0 Å². The van der Waals surface area contributed by atoms with Crippen molar-refractivity contribution in [3.05, 3.63) is 59.9 Å². The number of anilines is 1. The Kier molecular flexibility index (Phi) is 6.82. The van der Waals surface area contributed by atoms with Crippen LogP contribution in [0.1, 0.15) is 11.7 Å². The fraction of sp³-hybridized carbons (Fsp3) is 0.300. The van der Waals surface area contributed by atoms with Crippen LogP contribution in [0.25, 0.3) is 0 Å². The number of ether oxygens (including phenoxy) is 1. The molecular formula is C20H20FN3O2S. The number of rotatable bonds is 6. The summed E-state index contributed by atoms with van der Waals surface area (Å²) < 4.78 is 18.9. The highest BCUT2D eigenvalue weighted by molar-refractivity contribution is 7.99. The van der Waals surface area contributed by atoms with E-state index < -0.39 is 0 Å². The molecule has 7 heteroatoms. The molecule has 3 rings (SSSR count). The number of hydrogen-bond acceptors (Lipinski definition) is 5. The fourth-order valence-corrected chi connectivity index (χ4v) is 3.59. The Labute approximate surface area is 162 Å². The van der Waals surface area contributed by atoms with E-state index in [4.69, 9.17) is 10.00 Å². The first-order chi connectivity index (χ1) is 13.2. The molecule has 1 N–H and O–H groups in total. The predicted molar refractivity (Wildman–Crippen MR) is 103 cm³/mol. The molecule has 2 aromatic rings. The minimum absolute atomic E-state index is 0.111. The Morgan fingerprint density at radius 2 is 2.07 bits per heavy atom. The molecule has 27 heavy (non-hydrogen) atoms. The van der Waals surface area contributed by atoms with Gasteiger partial charge in [-0.05, 0) is 29.8 Å². The Hall–Kier alpha value is -2.40. The molecule has 1 aliphatic rings. The summed E-state index contributed by atoms with van der Waals surface area (Å²) in [7, 11) is 0.